The number of hydrogen-bond donors (Lipinski definition) is 0. The normalized spacial score (nSPS) is 20.0. The van der Waals surface area contributed by atoms with E-state index in [9.17, 15) is 4.79 Å². The number of nitrogens with zero attached hydrogens (tertiary/aromatic N) is 2. The molecule has 0 aromatic carbocycles. The number of methoxy groups -OCH3 is 1. The van der Waals surface area contributed by atoms with Gasteiger partial charge in [0.25, 0.3) is 0 Å². The van der Waals surface area contributed by atoms with Crippen molar-refractivity contribution in [1.29, 1.82) is 0 Å². The van der Waals surface area contributed by atoms with E-state index in [1.165, 1.54) is 19.5 Å². The fraction of sp³-hybridized carbons (Fsp3) is 0.688. The number of aromatic nitrogens is 2. The third-order valence-corrected chi connectivity index (χ3v) is 4.32. The Morgan fingerprint density at radius 1 is 1.19 bits per heavy atom. The van der Waals surface area contributed by atoms with Crippen molar-refractivity contribution in [3.63, 3.8) is 0 Å². The second-order valence-electron chi connectivity index (χ2n) is 6.33. The van der Waals surface area contributed by atoms with Crippen LogP contribution in [0.5, 0.6) is 5.88 Å². The lowest BCUT2D eigenvalue weighted by Crippen LogP contribution is -2.47. The van der Waals surface area contributed by atoms with E-state index in [-0.39, 0.29) is 22.8 Å². The van der Waals surface area contributed by atoms with Crippen LogP contribution in [0.25, 0.3) is 0 Å². The summed E-state index contributed by atoms with van der Waals surface area (Å²) in [5.74, 6) is 0.163. The molecule has 0 unspecified atom stereocenters. The van der Waals surface area contributed by atoms with E-state index in [4.69, 9.17) is 9.47 Å². The van der Waals surface area contributed by atoms with Gasteiger partial charge < -0.3 is 9.47 Å². The minimum absolute atomic E-state index is 0.107. The van der Waals surface area contributed by atoms with Crippen molar-refractivity contribution in [2.45, 2.75) is 52.1 Å². The summed E-state index contributed by atoms with van der Waals surface area (Å²) >= 11 is 0. The Morgan fingerprint density at radius 3 is 2.38 bits per heavy atom. The van der Waals surface area contributed by atoms with Crippen molar-refractivity contribution in [1.82, 2.24) is 9.97 Å². The van der Waals surface area contributed by atoms with Crippen molar-refractivity contribution >= 4 is 5.78 Å². The van der Waals surface area contributed by atoms with Crippen LogP contribution in [0.1, 0.15) is 56.9 Å². The molecule has 1 fully saturated rings. The molecule has 1 aliphatic carbocycles. The first kappa shape index (κ1) is 15.9. The van der Waals surface area contributed by atoms with Gasteiger partial charge in [0, 0.05) is 19.0 Å². The maximum atomic E-state index is 13.0. The van der Waals surface area contributed by atoms with Gasteiger partial charge in [-0.3, -0.25) is 4.79 Å². The van der Waals surface area contributed by atoms with Crippen LogP contribution in [0.4, 0.5) is 0 Å². The van der Waals surface area contributed by atoms with Crippen LogP contribution in [0.15, 0.2) is 12.4 Å². The summed E-state index contributed by atoms with van der Waals surface area (Å²) in [6.07, 6.45) is 6.39. The summed E-state index contributed by atoms with van der Waals surface area (Å²) in [5, 5.41) is 0. The van der Waals surface area contributed by atoms with Crippen molar-refractivity contribution < 1.29 is 14.3 Å². The van der Waals surface area contributed by atoms with E-state index in [0.717, 1.165) is 12.8 Å². The third kappa shape index (κ3) is 3.23. The van der Waals surface area contributed by atoms with Gasteiger partial charge in [-0.25, -0.2) is 9.97 Å². The Kier molecular flexibility index (Phi) is 4.61. The molecule has 1 heterocycles. The molecule has 116 valence electrons. The topological polar surface area (TPSA) is 61.3 Å². The van der Waals surface area contributed by atoms with Gasteiger partial charge in [-0.2, -0.15) is 0 Å². The van der Waals surface area contributed by atoms with E-state index >= 15 is 0 Å². The summed E-state index contributed by atoms with van der Waals surface area (Å²) in [6.45, 7) is 6.89. The number of ketones is 1. The summed E-state index contributed by atoms with van der Waals surface area (Å²) in [7, 11) is 1.50. The predicted molar refractivity (Wildman–Crippen MR) is 79.5 cm³/mol. The number of carbonyl (C=O) groups excluding carboxylic acids is 1. The second-order valence-corrected chi connectivity index (χ2v) is 6.33. The van der Waals surface area contributed by atoms with E-state index < -0.39 is 5.60 Å². The van der Waals surface area contributed by atoms with Gasteiger partial charge in [-0.15, -0.1) is 0 Å². The maximum absolute atomic E-state index is 13.0. The Bertz CT molecular complexity index is 504. The molecule has 1 saturated carbocycles. The minimum atomic E-state index is -0.784. The number of ether oxygens (including phenoxy) is 2. The molecule has 5 nitrogen and oxygen atoms in total. The Labute approximate surface area is 126 Å². The molecule has 5 heteroatoms. The van der Waals surface area contributed by atoms with E-state index in [1.807, 2.05) is 6.92 Å². The highest BCUT2D eigenvalue weighted by Crippen LogP contribution is 2.43. The number of carbonyl (C=O) groups is 1. The van der Waals surface area contributed by atoms with Gasteiger partial charge in [-0.1, -0.05) is 13.8 Å². The summed E-state index contributed by atoms with van der Waals surface area (Å²) in [4.78, 5) is 21.2. The van der Waals surface area contributed by atoms with Crippen LogP contribution in [0.3, 0.4) is 0 Å². The second kappa shape index (κ2) is 6.10. The molecule has 1 aromatic rings. The van der Waals surface area contributed by atoms with Gasteiger partial charge in [0.15, 0.2) is 5.69 Å². The SMILES string of the molecule is CCOC1(C(=O)c2nccnc2OC)CCC(C)(C)CC1. The van der Waals surface area contributed by atoms with Gasteiger partial charge in [0.2, 0.25) is 11.7 Å². The lowest BCUT2D eigenvalue weighted by atomic mass is 9.69. The van der Waals surface area contributed by atoms with Crippen molar-refractivity contribution in [2.24, 2.45) is 5.41 Å². The van der Waals surface area contributed by atoms with Crippen molar-refractivity contribution in [2.75, 3.05) is 13.7 Å². The molecule has 0 bridgehead atoms. The average molecular weight is 292 g/mol. The molecule has 1 aromatic heterocycles. The summed E-state index contributed by atoms with van der Waals surface area (Å²) in [5.41, 5.74) is -0.255. The fourth-order valence-corrected chi connectivity index (χ4v) is 2.89. The first-order valence-corrected chi connectivity index (χ1v) is 7.48. The van der Waals surface area contributed by atoms with E-state index in [2.05, 4.69) is 23.8 Å². The van der Waals surface area contributed by atoms with Gasteiger partial charge in [0.1, 0.15) is 5.60 Å². The van der Waals surface area contributed by atoms with Crippen LogP contribution < -0.4 is 4.74 Å². The molecule has 0 aliphatic heterocycles. The average Bonchev–Trinajstić information content (AvgIpc) is 2.49. The largest absolute Gasteiger partial charge is 0.479 e. The van der Waals surface area contributed by atoms with Crippen molar-refractivity contribution in [3.8, 4) is 5.88 Å². The molecule has 0 N–H and O–H groups in total. The molecule has 0 atom stereocenters. The molecule has 0 radical (unpaired) electrons. The van der Waals surface area contributed by atoms with Crippen LogP contribution in [0, 0.1) is 5.41 Å². The molecule has 0 saturated heterocycles. The molecule has 2 rings (SSSR count). The zero-order valence-corrected chi connectivity index (χ0v) is 13.3. The highest BCUT2D eigenvalue weighted by molar-refractivity contribution is 6.02. The van der Waals surface area contributed by atoms with E-state index in [0.29, 0.717) is 19.4 Å². The van der Waals surface area contributed by atoms with Gasteiger partial charge in [-0.05, 0) is 38.0 Å². The predicted octanol–water partition coefficient (Wildman–Crippen LogP) is 3.04. The fourth-order valence-electron chi connectivity index (χ4n) is 2.89. The highest BCUT2D eigenvalue weighted by Gasteiger charge is 2.46. The van der Waals surface area contributed by atoms with Crippen LogP contribution in [-0.4, -0.2) is 35.1 Å². The zero-order chi connectivity index (χ0) is 15.5. The Morgan fingerprint density at radius 2 is 1.81 bits per heavy atom. The lowest BCUT2D eigenvalue weighted by Gasteiger charge is -2.42. The smallest absolute Gasteiger partial charge is 0.243 e. The first-order chi connectivity index (χ1) is 9.94. The van der Waals surface area contributed by atoms with Crippen LogP contribution in [0.2, 0.25) is 0 Å². The Balaban J connectivity index is 2.32. The number of hydrogen-bond acceptors (Lipinski definition) is 5. The molecule has 1 aliphatic rings. The third-order valence-electron chi connectivity index (χ3n) is 4.32. The monoisotopic (exact) mass is 292 g/mol. The minimum Gasteiger partial charge on any atom is -0.479 e. The summed E-state index contributed by atoms with van der Waals surface area (Å²) in [6, 6.07) is 0. The molecular formula is C16H24N2O3. The zero-order valence-electron chi connectivity index (χ0n) is 13.3. The first-order valence-electron chi connectivity index (χ1n) is 7.48. The lowest BCUT2D eigenvalue weighted by molar-refractivity contribution is -0.0584. The quantitative estimate of drug-likeness (QED) is 0.781. The van der Waals surface area contributed by atoms with Gasteiger partial charge >= 0.3 is 0 Å². The summed E-state index contributed by atoms with van der Waals surface area (Å²) < 4.78 is 11.1. The maximum Gasteiger partial charge on any atom is 0.243 e. The van der Waals surface area contributed by atoms with Crippen LogP contribution in [-0.2, 0) is 4.74 Å². The van der Waals surface area contributed by atoms with E-state index in [1.54, 1.807) is 0 Å². The number of rotatable bonds is 5. The standard InChI is InChI=1S/C16H24N2O3/c1-5-21-16(8-6-15(2,3)7-9-16)13(19)12-14(20-4)18-11-10-17-12/h10-11H,5-9H2,1-4H3. The molecular weight excluding hydrogens is 268 g/mol. The molecule has 0 amide bonds. The van der Waals surface area contributed by atoms with Gasteiger partial charge in [0.05, 0.1) is 7.11 Å². The number of Topliss-reactive ketones (excluding diaryl/α,β-unsaturated/α-hetero) is 1. The molecule has 21 heavy (non-hydrogen) atoms. The van der Waals surface area contributed by atoms with Crippen LogP contribution >= 0.6 is 0 Å². The Hall–Kier alpha value is -1.49. The van der Waals surface area contributed by atoms with Crippen molar-refractivity contribution in [3.05, 3.63) is 18.1 Å². The molecule has 0 spiro atoms. The highest BCUT2D eigenvalue weighted by atomic mass is 16.5.